The molecule has 1 heterocycles. The van der Waals surface area contributed by atoms with Crippen molar-refractivity contribution >= 4 is 17.7 Å². The number of piperazine rings is 1. The van der Waals surface area contributed by atoms with Gasteiger partial charge in [0.1, 0.15) is 12.6 Å². The summed E-state index contributed by atoms with van der Waals surface area (Å²) in [6.45, 7) is 1.97. The van der Waals surface area contributed by atoms with E-state index in [0.717, 1.165) is 0 Å². The van der Waals surface area contributed by atoms with Crippen LogP contribution in [0, 0.1) is 0 Å². The molecule has 15 heavy (non-hydrogen) atoms. The summed E-state index contributed by atoms with van der Waals surface area (Å²) in [7, 11) is 0. The normalized spacial score (nSPS) is 21.5. The number of nitrogens with one attached hydrogen (secondary N) is 1. The zero-order valence-corrected chi connectivity index (χ0v) is 8.66. The smallest absolute Gasteiger partial charge is 0.249 e. The summed E-state index contributed by atoms with van der Waals surface area (Å²) in [6, 6.07) is -0.540. The molecule has 3 N–H and O–H groups in total. The first-order valence-corrected chi connectivity index (χ1v) is 4.93. The zero-order valence-electron chi connectivity index (χ0n) is 8.66. The van der Waals surface area contributed by atoms with Gasteiger partial charge in [0.15, 0.2) is 0 Å². The molecule has 0 aromatic heterocycles. The minimum absolute atomic E-state index is 0.0525. The lowest BCUT2D eigenvalue weighted by Gasteiger charge is -2.33. The van der Waals surface area contributed by atoms with Crippen LogP contribution < -0.4 is 11.1 Å². The third kappa shape index (κ3) is 2.53. The van der Waals surface area contributed by atoms with Crippen molar-refractivity contribution in [3.05, 3.63) is 0 Å². The van der Waals surface area contributed by atoms with Crippen LogP contribution in [0.25, 0.3) is 0 Å². The molecule has 1 saturated heterocycles. The van der Waals surface area contributed by atoms with Gasteiger partial charge < -0.3 is 10.6 Å². The molecule has 0 spiro atoms. The summed E-state index contributed by atoms with van der Waals surface area (Å²) >= 11 is 0. The van der Waals surface area contributed by atoms with Gasteiger partial charge in [0, 0.05) is 13.0 Å². The fourth-order valence-corrected chi connectivity index (χ4v) is 1.60. The summed E-state index contributed by atoms with van der Waals surface area (Å²) in [6.07, 6.45) is 0.659. The van der Waals surface area contributed by atoms with Crippen LogP contribution in [0.2, 0.25) is 0 Å². The number of carbonyl (C=O) groups is 3. The standard InChI is InChI=1S/C9H15N3O3/c1-2-6-9(15)11-7(13)5-12(6)8(14)3-4-10/h6H,2-5,10H2,1H3,(H,11,13,15). The van der Waals surface area contributed by atoms with Gasteiger partial charge >= 0.3 is 0 Å². The molecule has 6 nitrogen and oxygen atoms in total. The molecule has 1 aliphatic rings. The molecular formula is C9H15N3O3. The fraction of sp³-hybridized carbons (Fsp3) is 0.667. The summed E-state index contributed by atoms with van der Waals surface area (Å²) in [4.78, 5) is 35.4. The number of rotatable bonds is 3. The van der Waals surface area contributed by atoms with Crippen molar-refractivity contribution in [2.75, 3.05) is 13.1 Å². The van der Waals surface area contributed by atoms with Gasteiger partial charge in [-0.15, -0.1) is 0 Å². The van der Waals surface area contributed by atoms with E-state index in [1.165, 1.54) is 4.90 Å². The van der Waals surface area contributed by atoms with Gasteiger partial charge in [-0.2, -0.15) is 0 Å². The van der Waals surface area contributed by atoms with Gasteiger partial charge in [-0.05, 0) is 6.42 Å². The number of nitrogens with two attached hydrogens (primary N) is 1. The zero-order chi connectivity index (χ0) is 11.4. The van der Waals surface area contributed by atoms with Gasteiger partial charge in [0.2, 0.25) is 17.7 Å². The van der Waals surface area contributed by atoms with Gasteiger partial charge in [0.25, 0.3) is 0 Å². The number of carbonyl (C=O) groups excluding carboxylic acids is 3. The molecule has 84 valence electrons. The van der Waals surface area contributed by atoms with Crippen LogP contribution in [0.15, 0.2) is 0 Å². The van der Waals surface area contributed by atoms with E-state index < -0.39 is 17.9 Å². The highest BCUT2D eigenvalue weighted by Gasteiger charge is 2.34. The largest absolute Gasteiger partial charge is 0.330 e. The molecule has 0 aromatic carbocycles. The molecule has 0 radical (unpaired) electrons. The number of nitrogens with zero attached hydrogens (tertiary/aromatic N) is 1. The Bertz CT molecular complexity index is 290. The van der Waals surface area contributed by atoms with Gasteiger partial charge in [0.05, 0.1) is 0 Å². The van der Waals surface area contributed by atoms with Crippen LogP contribution in [0.3, 0.4) is 0 Å². The van der Waals surface area contributed by atoms with Crippen LogP contribution in [-0.4, -0.2) is 41.8 Å². The van der Waals surface area contributed by atoms with Gasteiger partial charge in [-0.1, -0.05) is 6.92 Å². The third-order valence-corrected chi connectivity index (χ3v) is 2.32. The van der Waals surface area contributed by atoms with Crippen molar-refractivity contribution in [1.29, 1.82) is 0 Å². The summed E-state index contributed by atoms with van der Waals surface area (Å²) < 4.78 is 0. The fourth-order valence-electron chi connectivity index (χ4n) is 1.60. The van der Waals surface area contributed by atoms with Gasteiger partial charge in [-0.3, -0.25) is 19.7 Å². The Morgan fingerprint density at radius 2 is 2.27 bits per heavy atom. The van der Waals surface area contributed by atoms with E-state index in [9.17, 15) is 14.4 Å². The monoisotopic (exact) mass is 213 g/mol. The highest BCUT2D eigenvalue weighted by Crippen LogP contribution is 2.10. The molecule has 3 amide bonds. The molecule has 1 rings (SSSR count). The predicted octanol–water partition coefficient (Wildman–Crippen LogP) is -1.40. The van der Waals surface area contributed by atoms with Crippen molar-refractivity contribution < 1.29 is 14.4 Å². The minimum Gasteiger partial charge on any atom is -0.330 e. The minimum atomic E-state index is -0.540. The quantitative estimate of drug-likeness (QED) is 0.564. The van der Waals surface area contributed by atoms with E-state index >= 15 is 0 Å². The Morgan fingerprint density at radius 3 is 2.80 bits per heavy atom. The van der Waals surface area contributed by atoms with Crippen LogP contribution in [0.1, 0.15) is 19.8 Å². The Labute approximate surface area is 87.8 Å². The van der Waals surface area contributed by atoms with Crippen molar-refractivity contribution in [2.24, 2.45) is 5.73 Å². The Balaban J connectivity index is 2.77. The third-order valence-electron chi connectivity index (χ3n) is 2.32. The number of hydrogen-bond donors (Lipinski definition) is 2. The molecule has 6 heteroatoms. The molecule has 1 atom stereocenters. The first kappa shape index (κ1) is 11.6. The van der Waals surface area contributed by atoms with Crippen LogP contribution in [-0.2, 0) is 14.4 Å². The summed E-state index contributed by atoms with van der Waals surface area (Å²) in [5, 5.41) is 2.20. The van der Waals surface area contributed by atoms with E-state index in [0.29, 0.717) is 6.42 Å². The predicted molar refractivity (Wildman–Crippen MR) is 52.6 cm³/mol. The van der Waals surface area contributed by atoms with Crippen molar-refractivity contribution in [3.63, 3.8) is 0 Å². The SMILES string of the molecule is CCC1C(=O)NC(=O)CN1C(=O)CCN. The molecule has 0 saturated carbocycles. The van der Waals surface area contributed by atoms with Crippen molar-refractivity contribution in [2.45, 2.75) is 25.8 Å². The first-order chi connectivity index (χ1) is 7.10. The maximum Gasteiger partial charge on any atom is 0.249 e. The molecule has 0 aliphatic carbocycles. The second kappa shape index (κ2) is 4.88. The summed E-state index contributed by atoms with van der Waals surface area (Å²) in [5.74, 6) is -1.08. The number of imide groups is 1. The van der Waals surface area contributed by atoms with Crippen molar-refractivity contribution in [3.8, 4) is 0 Å². The Hall–Kier alpha value is -1.43. The van der Waals surface area contributed by atoms with Crippen LogP contribution >= 0.6 is 0 Å². The Morgan fingerprint density at radius 1 is 1.60 bits per heavy atom. The first-order valence-electron chi connectivity index (χ1n) is 4.93. The lowest BCUT2D eigenvalue weighted by Crippen LogP contribution is -2.59. The highest BCUT2D eigenvalue weighted by atomic mass is 16.2. The lowest BCUT2D eigenvalue weighted by atomic mass is 10.1. The van der Waals surface area contributed by atoms with Crippen LogP contribution in [0.4, 0.5) is 0 Å². The Kier molecular flexibility index (Phi) is 3.79. The lowest BCUT2D eigenvalue weighted by molar-refractivity contribution is -0.150. The van der Waals surface area contributed by atoms with E-state index in [1.807, 2.05) is 0 Å². The van der Waals surface area contributed by atoms with E-state index in [-0.39, 0.29) is 25.4 Å². The van der Waals surface area contributed by atoms with E-state index in [2.05, 4.69) is 5.32 Å². The highest BCUT2D eigenvalue weighted by molar-refractivity contribution is 6.04. The summed E-state index contributed by atoms with van der Waals surface area (Å²) in [5.41, 5.74) is 5.26. The van der Waals surface area contributed by atoms with Gasteiger partial charge in [-0.25, -0.2) is 0 Å². The maximum absolute atomic E-state index is 11.6. The average molecular weight is 213 g/mol. The average Bonchev–Trinajstić information content (AvgIpc) is 2.17. The maximum atomic E-state index is 11.6. The number of hydrogen-bond acceptors (Lipinski definition) is 4. The number of amides is 3. The molecule has 0 bridgehead atoms. The second-order valence-corrected chi connectivity index (χ2v) is 3.40. The van der Waals surface area contributed by atoms with Crippen LogP contribution in [0.5, 0.6) is 0 Å². The van der Waals surface area contributed by atoms with Crippen molar-refractivity contribution in [1.82, 2.24) is 10.2 Å². The van der Waals surface area contributed by atoms with E-state index in [1.54, 1.807) is 6.92 Å². The molecule has 0 aromatic rings. The molecular weight excluding hydrogens is 198 g/mol. The topological polar surface area (TPSA) is 92.5 Å². The molecule has 1 aliphatic heterocycles. The van der Waals surface area contributed by atoms with E-state index in [4.69, 9.17) is 5.73 Å². The molecule has 1 unspecified atom stereocenters. The second-order valence-electron chi connectivity index (χ2n) is 3.40. The molecule has 1 fully saturated rings.